The van der Waals surface area contributed by atoms with Crippen LogP contribution in [0.25, 0.3) is 11.3 Å². The van der Waals surface area contributed by atoms with Gasteiger partial charge in [0, 0.05) is 48.6 Å². The summed E-state index contributed by atoms with van der Waals surface area (Å²) in [5.74, 6) is 0.316. The van der Waals surface area contributed by atoms with Gasteiger partial charge in [-0.25, -0.2) is 0 Å². The number of aryl methyl sites for hydroxylation is 2. The Bertz CT molecular complexity index is 643. The van der Waals surface area contributed by atoms with Crippen LogP contribution >= 0.6 is 0 Å². The minimum absolute atomic E-state index is 0.316. The Balaban J connectivity index is 2.18. The number of aromatic nitrogens is 3. The summed E-state index contributed by atoms with van der Waals surface area (Å²) in [6.07, 6.45) is 5.68. The van der Waals surface area contributed by atoms with Crippen molar-refractivity contribution in [2.45, 2.75) is 39.7 Å². The highest BCUT2D eigenvalue weighted by Gasteiger charge is 2.24. The third-order valence-corrected chi connectivity index (χ3v) is 3.78. The molecule has 19 heavy (non-hydrogen) atoms. The topological polar surface area (TPSA) is 47.8 Å². The van der Waals surface area contributed by atoms with Crippen molar-refractivity contribution in [2.24, 2.45) is 0 Å². The molecule has 0 spiro atoms. The predicted octanol–water partition coefficient (Wildman–Crippen LogP) is 2.33. The van der Waals surface area contributed by atoms with E-state index in [1.807, 2.05) is 16.9 Å². The normalized spacial score (nSPS) is 14.5. The van der Waals surface area contributed by atoms with Crippen molar-refractivity contribution in [3.63, 3.8) is 0 Å². The van der Waals surface area contributed by atoms with Gasteiger partial charge >= 0.3 is 0 Å². The Kier molecular flexibility index (Phi) is 2.93. The van der Waals surface area contributed by atoms with E-state index < -0.39 is 0 Å². The van der Waals surface area contributed by atoms with E-state index >= 15 is 0 Å². The van der Waals surface area contributed by atoms with Gasteiger partial charge in [-0.15, -0.1) is 0 Å². The Hall–Kier alpha value is -1.97. The molecule has 0 radical (unpaired) electrons. The molecule has 2 aromatic heterocycles. The van der Waals surface area contributed by atoms with Gasteiger partial charge in [-0.05, 0) is 25.0 Å². The summed E-state index contributed by atoms with van der Waals surface area (Å²) in [5.41, 5.74) is 5.54. The van der Waals surface area contributed by atoms with Crippen LogP contribution in [0.2, 0.25) is 0 Å². The summed E-state index contributed by atoms with van der Waals surface area (Å²) < 4.78 is 2.00. The number of carbonyl (C=O) groups is 1. The number of hydrogen-bond acceptors (Lipinski definition) is 3. The van der Waals surface area contributed by atoms with Gasteiger partial charge in [0.15, 0.2) is 0 Å². The van der Waals surface area contributed by atoms with E-state index in [4.69, 9.17) is 5.10 Å². The molecule has 0 amide bonds. The van der Waals surface area contributed by atoms with Gasteiger partial charge < -0.3 is 0 Å². The van der Waals surface area contributed by atoms with Crippen molar-refractivity contribution in [1.82, 2.24) is 14.8 Å². The third-order valence-electron chi connectivity index (χ3n) is 3.78. The van der Waals surface area contributed by atoms with Crippen molar-refractivity contribution in [3.05, 3.63) is 35.3 Å². The van der Waals surface area contributed by atoms with Crippen LogP contribution in [0.4, 0.5) is 0 Å². The molecule has 98 valence electrons. The molecule has 4 nitrogen and oxygen atoms in total. The fourth-order valence-corrected chi connectivity index (χ4v) is 2.72. The summed E-state index contributed by atoms with van der Waals surface area (Å²) in [6, 6.07) is 2.00. The first kappa shape index (κ1) is 12.1. The summed E-state index contributed by atoms with van der Waals surface area (Å²) in [4.78, 5) is 15.9. The van der Waals surface area contributed by atoms with E-state index in [1.165, 1.54) is 11.1 Å². The van der Waals surface area contributed by atoms with E-state index in [1.54, 1.807) is 6.20 Å². The molecule has 0 N–H and O–H groups in total. The minimum atomic E-state index is 0.316. The van der Waals surface area contributed by atoms with Crippen LogP contribution in [0, 0.1) is 6.92 Å². The van der Waals surface area contributed by atoms with Gasteiger partial charge in [-0.3, -0.25) is 14.5 Å². The van der Waals surface area contributed by atoms with Gasteiger partial charge in [-0.2, -0.15) is 5.10 Å². The highest BCUT2D eigenvalue weighted by molar-refractivity contribution is 5.82. The molecule has 0 aliphatic carbocycles. The molecule has 2 aromatic rings. The number of fused-ring (bicyclic) bond motifs is 1. The largest absolute Gasteiger partial charge is 0.299 e. The monoisotopic (exact) mass is 255 g/mol. The lowest BCUT2D eigenvalue weighted by molar-refractivity contribution is -0.119. The van der Waals surface area contributed by atoms with E-state index in [2.05, 4.69) is 18.8 Å². The number of hydrogen-bond donors (Lipinski definition) is 0. The molecular formula is C15H17N3O. The van der Waals surface area contributed by atoms with Gasteiger partial charge in [0.1, 0.15) is 5.78 Å². The molecule has 0 atom stereocenters. The van der Waals surface area contributed by atoms with Gasteiger partial charge in [0.05, 0.1) is 5.69 Å². The lowest BCUT2D eigenvalue weighted by Gasteiger charge is -2.13. The Labute approximate surface area is 112 Å². The van der Waals surface area contributed by atoms with Crippen LogP contribution in [0.5, 0.6) is 0 Å². The Morgan fingerprint density at radius 3 is 3.00 bits per heavy atom. The summed E-state index contributed by atoms with van der Waals surface area (Å²) in [7, 11) is 0. The fourth-order valence-electron chi connectivity index (χ4n) is 2.72. The first-order valence-electron chi connectivity index (χ1n) is 6.72. The van der Waals surface area contributed by atoms with Gasteiger partial charge in [0.2, 0.25) is 0 Å². The van der Waals surface area contributed by atoms with Crippen LogP contribution < -0.4 is 0 Å². The second kappa shape index (κ2) is 4.61. The first-order chi connectivity index (χ1) is 9.20. The maximum atomic E-state index is 11.7. The molecule has 4 heteroatoms. The van der Waals surface area contributed by atoms with Crippen molar-refractivity contribution in [3.8, 4) is 11.3 Å². The molecule has 0 aromatic carbocycles. The second-order valence-electron chi connectivity index (χ2n) is 5.01. The van der Waals surface area contributed by atoms with Crippen molar-refractivity contribution in [1.29, 1.82) is 0 Å². The molecule has 0 bridgehead atoms. The van der Waals surface area contributed by atoms with E-state index in [0.717, 1.165) is 23.4 Å². The molecule has 3 rings (SSSR count). The van der Waals surface area contributed by atoms with E-state index in [9.17, 15) is 4.79 Å². The summed E-state index contributed by atoms with van der Waals surface area (Å²) in [5, 5.41) is 4.71. The zero-order valence-electron chi connectivity index (χ0n) is 11.3. The lowest BCUT2D eigenvalue weighted by atomic mass is 9.98. The maximum Gasteiger partial charge on any atom is 0.140 e. The molecule has 0 saturated heterocycles. The van der Waals surface area contributed by atoms with E-state index in [-0.39, 0.29) is 0 Å². The average molecular weight is 255 g/mol. The quantitative estimate of drug-likeness (QED) is 0.827. The molecule has 3 heterocycles. The summed E-state index contributed by atoms with van der Waals surface area (Å²) >= 11 is 0. The molecule has 1 aliphatic rings. The maximum absolute atomic E-state index is 11.7. The first-order valence-corrected chi connectivity index (χ1v) is 6.72. The predicted molar refractivity (Wildman–Crippen MR) is 72.9 cm³/mol. The highest BCUT2D eigenvalue weighted by Crippen LogP contribution is 2.30. The van der Waals surface area contributed by atoms with Crippen molar-refractivity contribution < 1.29 is 4.79 Å². The Morgan fingerprint density at radius 1 is 1.42 bits per heavy atom. The molecule has 0 unspecified atom stereocenters. The zero-order chi connectivity index (χ0) is 13.4. The Morgan fingerprint density at radius 2 is 2.26 bits per heavy atom. The van der Waals surface area contributed by atoms with Crippen LogP contribution in [0.3, 0.4) is 0 Å². The second-order valence-corrected chi connectivity index (χ2v) is 5.01. The number of nitrogens with zero attached hydrogens (tertiary/aromatic N) is 3. The SMILES string of the molecule is CCc1c(-c2cnccc2C)nn2c1CC(=O)CC2. The van der Waals surface area contributed by atoms with Crippen LogP contribution in [0.1, 0.15) is 30.2 Å². The minimum Gasteiger partial charge on any atom is -0.299 e. The summed E-state index contributed by atoms with van der Waals surface area (Å²) in [6.45, 7) is 4.90. The van der Waals surface area contributed by atoms with Gasteiger partial charge in [-0.1, -0.05) is 6.92 Å². The smallest absolute Gasteiger partial charge is 0.140 e. The van der Waals surface area contributed by atoms with Crippen LogP contribution in [-0.2, 0) is 24.2 Å². The average Bonchev–Trinajstić information content (AvgIpc) is 2.76. The van der Waals surface area contributed by atoms with E-state index in [0.29, 0.717) is 25.2 Å². The number of ketones is 1. The number of pyridine rings is 1. The van der Waals surface area contributed by atoms with Crippen molar-refractivity contribution in [2.75, 3.05) is 0 Å². The zero-order valence-corrected chi connectivity index (χ0v) is 11.3. The van der Waals surface area contributed by atoms with Crippen LogP contribution in [-0.4, -0.2) is 20.5 Å². The fraction of sp³-hybridized carbons (Fsp3) is 0.400. The highest BCUT2D eigenvalue weighted by atomic mass is 16.1. The third kappa shape index (κ3) is 1.97. The number of carbonyl (C=O) groups excluding carboxylic acids is 1. The van der Waals surface area contributed by atoms with Gasteiger partial charge in [0.25, 0.3) is 0 Å². The lowest BCUT2D eigenvalue weighted by Crippen LogP contribution is -2.20. The number of rotatable bonds is 2. The number of Topliss-reactive ketones (excluding diaryl/α,β-unsaturated/α-hetero) is 1. The molecule has 1 aliphatic heterocycles. The standard InChI is InChI=1S/C15H17N3O/c1-3-12-14-8-11(19)5-7-18(14)17-15(12)13-9-16-6-4-10(13)2/h4,6,9H,3,5,7-8H2,1-2H3. The molecule has 0 saturated carbocycles. The molecule has 0 fully saturated rings. The molecular weight excluding hydrogens is 238 g/mol. The van der Waals surface area contributed by atoms with Crippen molar-refractivity contribution >= 4 is 5.78 Å². The van der Waals surface area contributed by atoms with Crippen LogP contribution in [0.15, 0.2) is 18.5 Å².